The van der Waals surface area contributed by atoms with Crippen molar-refractivity contribution in [2.75, 3.05) is 0 Å². The Morgan fingerprint density at radius 3 is 2.45 bits per heavy atom. The number of Topliss-reactive ketones (excluding diaryl/α,β-unsaturated/α-hetero) is 1. The van der Waals surface area contributed by atoms with Gasteiger partial charge >= 0.3 is 0 Å². The second-order valence-corrected chi connectivity index (χ2v) is 4.15. The molecule has 0 bridgehead atoms. The fourth-order valence-electron chi connectivity index (χ4n) is 1.76. The zero-order valence-corrected chi connectivity index (χ0v) is 7.76. The Morgan fingerprint density at radius 2 is 2.00 bits per heavy atom. The highest BCUT2D eigenvalue weighted by molar-refractivity contribution is 5.81. The first-order valence-electron chi connectivity index (χ1n) is 4.64. The molecule has 0 aliphatic heterocycles. The van der Waals surface area contributed by atoms with Crippen LogP contribution in [-0.4, -0.2) is 5.78 Å². The predicted molar refractivity (Wildman–Crippen MR) is 46.4 cm³/mol. The van der Waals surface area contributed by atoms with Crippen molar-refractivity contribution in [3.63, 3.8) is 0 Å². The molecule has 11 heavy (non-hydrogen) atoms. The minimum Gasteiger partial charge on any atom is -0.299 e. The van der Waals surface area contributed by atoms with Gasteiger partial charge < -0.3 is 0 Å². The van der Waals surface area contributed by atoms with E-state index in [-0.39, 0.29) is 0 Å². The van der Waals surface area contributed by atoms with E-state index in [4.69, 9.17) is 0 Å². The molecular formula is C10H18O. The van der Waals surface area contributed by atoms with Crippen LogP contribution in [0.2, 0.25) is 0 Å². The van der Waals surface area contributed by atoms with Gasteiger partial charge in [0.05, 0.1) is 0 Å². The number of carbonyl (C=O) groups is 1. The Labute approximate surface area is 69.2 Å². The molecule has 0 saturated heterocycles. The average Bonchev–Trinajstić information content (AvgIpc) is 1.94. The molecule has 2 atom stereocenters. The molecular weight excluding hydrogens is 136 g/mol. The predicted octanol–water partition coefficient (Wildman–Crippen LogP) is 2.65. The highest BCUT2D eigenvalue weighted by Crippen LogP contribution is 2.30. The van der Waals surface area contributed by atoms with Crippen LogP contribution in [0.4, 0.5) is 0 Å². The maximum Gasteiger partial charge on any atom is 0.135 e. The molecule has 1 aliphatic carbocycles. The minimum atomic E-state index is 0.338. The van der Waals surface area contributed by atoms with Crippen LogP contribution in [0.15, 0.2) is 0 Å². The molecule has 0 N–H and O–H groups in total. The third kappa shape index (κ3) is 2.05. The molecule has 1 nitrogen and oxygen atoms in total. The van der Waals surface area contributed by atoms with Gasteiger partial charge in [0.15, 0.2) is 0 Å². The first-order chi connectivity index (χ1) is 5.11. The summed E-state index contributed by atoms with van der Waals surface area (Å²) in [6.45, 7) is 6.49. The topological polar surface area (TPSA) is 17.1 Å². The van der Waals surface area contributed by atoms with Crippen LogP contribution in [0, 0.1) is 17.8 Å². The van der Waals surface area contributed by atoms with Crippen molar-refractivity contribution in [1.29, 1.82) is 0 Å². The zero-order valence-electron chi connectivity index (χ0n) is 7.76. The summed E-state index contributed by atoms with van der Waals surface area (Å²) >= 11 is 0. The van der Waals surface area contributed by atoms with Crippen molar-refractivity contribution in [1.82, 2.24) is 0 Å². The molecule has 0 amide bonds. The van der Waals surface area contributed by atoms with Gasteiger partial charge in [-0.05, 0) is 24.7 Å². The van der Waals surface area contributed by atoms with Crippen molar-refractivity contribution < 1.29 is 4.79 Å². The molecule has 1 heteroatoms. The summed E-state index contributed by atoms with van der Waals surface area (Å²) in [6, 6.07) is 0. The van der Waals surface area contributed by atoms with Crippen LogP contribution in [0.25, 0.3) is 0 Å². The van der Waals surface area contributed by atoms with Crippen molar-refractivity contribution in [2.24, 2.45) is 17.8 Å². The Bertz CT molecular complexity index is 149. The monoisotopic (exact) mass is 154 g/mol. The number of hydrogen-bond donors (Lipinski definition) is 0. The van der Waals surface area contributed by atoms with Gasteiger partial charge in [0.25, 0.3) is 0 Å². The van der Waals surface area contributed by atoms with Crippen LogP contribution in [0.1, 0.15) is 40.0 Å². The maximum atomic E-state index is 11.3. The van der Waals surface area contributed by atoms with E-state index in [0.717, 1.165) is 12.8 Å². The number of ketones is 1. The lowest BCUT2D eigenvalue weighted by Gasteiger charge is -2.27. The highest BCUT2D eigenvalue weighted by atomic mass is 16.1. The van der Waals surface area contributed by atoms with E-state index < -0.39 is 0 Å². The average molecular weight is 154 g/mol. The summed E-state index contributed by atoms with van der Waals surface area (Å²) in [5.41, 5.74) is 0. The van der Waals surface area contributed by atoms with Crippen LogP contribution in [0.3, 0.4) is 0 Å². The first kappa shape index (κ1) is 8.76. The van der Waals surface area contributed by atoms with Crippen LogP contribution < -0.4 is 0 Å². The Kier molecular flexibility index (Phi) is 2.69. The number of hydrogen-bond acceptors (Lipinski definition) is 1. The smallest absolute Gasteiger partial charge is 0.135 e. The zero-order chi connectivity index (χ0) is 8.43. The third-order valence-electron chi connectivity index (χ3n) is 2.93. The largest absolute Gasteiger partial charge is 0.299 e. The fourth-order valence-corrected chi connectivity index (χ4v) is 1.76. The van der Waals surface area contributed by atoms with Crippen molar-refractivity contribution in [3.05, 3.63) is 0 Å². The first-order valence-corrected chi connectivity index (χ1v) is 4.64. The second kappa shape index (κ2) is 3.38. The lowest BCUT2D eigenvalue weighted by Crippen LogP contribution is -2.25. The van der Waals surface area contributed by atoms with Gasteiger partial charge in [0, 0.05) is 12.3 Å². The van der Waals surface area contributed by atoms with Gasteiger partial charge in [-0.3, -0.25) is 4.79 Å². The van der Waals surface area contributed by atoms with E-state index in [2.05, 4.69) is 20.8 Å². The number of carbonyl (C=O) groups excluding carboxylic acids is 1. The SMILES string of the molecule is CC1CC[C@H](C(C)C)CC1=O. The van der Waals surface area contributed by atoms with Gasteiger partial charge in [-0.15, -0.1) is 0 Å². The standard InChI is InChI=1S/C10H18O/c1-7(2)9-5-4-8(3)10(11)6-9/h7-9H,4-6H2,1-3H3/t8?,9-/m0/s1. The fraction of sp³-hybridized carbons (Fsp3) is 0.900. The van der Waals surface area contributed by atoms with Crippen molar-refractivity contribution in [3.8, 4) is 0 Å². The second-order valence-electron chi connectivity index (χ2n) is 4.15. The summed E-state index contributed by atoms with van der Waals surface area (Å²) in [6.07, 6.45) is 3.20. The Balaban J connectivity index is 2.46. The molecule has 0 spiro atoms. The third-order valence-corrected chi connectivity index (χ3v) is 2.93. The highest BCUT2D eigenvalue weighted by Gasteiger charge is 2.26. The van der Waals surface area contributed by atoms with Gasteiger partial charge in [-0.2, -0.15) is 0 Å². The molecule has 0 aromatic rings. The summed E-state index contributed by atoms with van der Waals surface area (Å²) in [5, 5.41) is 0. The van der Waals surface area contributed by atoms with Gasteiger partial charge in [-0.1, -0.05) is 20.8 Å². The summed E-state index contributed by atoms with van der Waals surface area (Å²) in [5.74, 6) is 2.17. The van der Waals surface area contributed by atoms with Crippen molar-refractivity contribution >= 4 is 5.78 Å². The van der Waals surface area contributed by atoms with Gasteiger partial charge in [0.2, 0.25) is 0 Å². The Morgan fingerprint density at radius 1 is 1.36 bits per heavy atom. The Hall–Kier alpha value is -0.330. The van der Waals surface area contributed by atoms with Crippen LogP contribution in [-0.2, 0) is 4.79 Å². The summed E-state index contributed by atoms with van der Waals surface area (Å²) in [4.78, 5) is 11.3. The summed E-state index contributed by atoms with van der Waals surface area (Å²) < 4.78 is 0. The van der Waals surface area contributed by atoms with E-state index in [0.29, 0.717) is 23.5 Å². The molecule has 0 radical (unpaired) electrons. The minimum absolute atomic E-state index is 0.338. The molecule has 0 heterocycles. The quantitative estimate of drug-likeness (QED) is 0.567. The van der Waals surface area contributed by atoms with E-state index in [1.807, 2.05) is 0 Å². The maximum absolute atomic E-state index is 11.3. The number of rotatable bonds is 1. The molecule has 1 rings (SSSR count). The molecule has 0 aromatic carbocycles. The van der Waals surface area contributed by atoms with E-state index in [1.165, 1.54) is 6.42 Å². The van der Waals surface area contributed by atoms with E-state index in [1.54, 1.807) is 0 Å². The summed E-state index contributed by atoms with van der Waals surface area (Å²) in [7, 11) is 0. The molecule has 1 fully saturated rings. The lowest BCUT2D eigenvalue weighted by molar-refractivity contribution is -0.125. The molecule has 64 valence electrons. The normalized spacial score (nSPS) is 32.9. The van der Waals surface area contributed by atoms with Gasteiger partial charge in [-0.25, -0.2) is 0 Å². The molecule has 1 unspecified atom stereocenters. The van der Waals surface area contributed by atoms with E-state index in [9.17, 15) is 4.79 Å². The molecule has 0 aromatic heterocycles. The van der Waals surface area contributed by atoms with E-state index >= 15 is 0 Å². The molecule has 1 aliphatic rings. The van der Waals surface area contributed by atoms with Crippen LogP contribution >= 0.6 is 0 Å². The van der Waals surface area contributed by atoms with Crippen LogP contribution in [0.5, 0.6) is 0 Å². The molecule has 1 saturated carbocycles. The van der Waals surface area contributed by atoms with Crippen molar-refractivity contribution in [2.45, 2.75) is 40.0 Å². The van der Waals surface area contributed by atoms with Gasteiger partial charge in [0.1, 0.15) is 5.78 Å². The lowest BCUT2D eigenvalue weighted by atomic mass is 9.77.